The van der Waals surface area contributed by atoms with Crippen molar-refractivity contribution in [1.82, 2.24) is 4.90 Å². The summed E-state index contributed by atoms with van der Waals surface area (Å²) < 4.78 is 5.02. The van der Waals surface area contributed by atoms with E-state index in [1.807, 2.05) is 36.4 Å². The smallest absolute Gasteiger partial charge is 0.328 e. The van der Waals surface area contributed by atoms with Crippen LogP contribution in [0.3, 0.4) is 0 Å². The number of rotatable bonds is 4. The van der Waals surface area contributed by atoms with Crippen LogP contribution in [0.2, 0.25) is 0 Å². The molecule has 4 nitrogen and oxygen atoms in total. The van der Waals surface area contributed by atoms with Gasteiger partial charge >= 0.3 is 5.97 Å². The highest BCUT2D eigenvalue weighted by Crippen LogP contribution is 2.32. The number of thiocarbonyl (C=S) groups is 1. The summed E-state index contributed by atoms with van der Waals surface area (Å²) in [6, 6.07) is 9.04. The van der Waals surface area contributed by atoms with Gasteiger partial charge in [-0.1, -0.05) is 66.5 Å². The number of allylic oxidation sites excluding steroid dienone is 2. The maximum Gasteiger partial charge on any atom is 0.328 e. The lowest BCUT2D eigenvalue weighted by Gasteiger charge is -2.20. The van der Waals surface area contributed by atoms with Gasteiger partial charge in [0, 0.05) is 0 Å². The topological polar surface area (TPSA) is 46.6 Å². The summed E-state index contributed by atoms with van der Waals surface area (Å²) in [4.78, 5) is 25.7. The Morgan fingerprint density at radius 1 is 1.36 bits per heavy atom. The summed E-state index contributed by atoms with van der Waals surface area (Å²) >= 11 is 6.36. The number of hydrogen-bond acceptors (Lipinski definition) is 5. The first-order valence-corrected chi connectivity index (χ1v) is 7.83. The minimum atomic E-state index is -0.721. The molecule has 6 heteroatoms. The van der Waals surface area contributed by atoms with Gasteiger partial charge in [0.25, 0.3) is 5.91 Å². The van der Waals surface area contributed by atoms with Gasteiger partial charge in [0.15, 0.2) is 0 Å². The average molecular weight is 333 g/mol. The van der Waals surface area contributed by atoms with E-state index in [4.69, 9.17) is 12.2 Å². The van der Waals surface area contributed by atoms with Crippen LogP contribution in [0.1, 0.15) is 12.5 Å². The number of hydrogen-bond donors (Lipinski definition) is 0. The quantitative estimate of drug-likeness (QED) is 0.481. The number of ether oxygens (including phenoxy) is 1. The molecule has 0 saturated carbocycles. The molecule has 1 aliphatic heterocycles. The predicted octanol–water partition coefficient (Wildman–Crippen LogP) is 3.01. The molecule has 0 N–H and O–H groups in total. The van der Waals surface area contributed by atoms with E-state index >= 15 is 0 Å². The minimum absolute atomic E-state index is 0.273. The maximum absolute atomic E-state index is 12.3. The molecule has 114 valence electrons. The number of esters is 1. The molecule has 2 rings (SSSR count). The van der Waals surface area contributed by atoms with Crippen LogP contribution in [0.25, 0.3) is 6.08 Å². The first kappa shape index (κ1) is 16.5. The van der Waals surface area contributed by atoms with E-state index in [9.17, 15) is 9.59 Å². The lowest BCUT2D eigenvalue weighted by Crippen LogP contribution is -2.42. The van der Waals surface area contributed by atoms with E-state index < -0.39 is 12.0 Å². The fraction of sp³-hybridized carbons (Fsp3) is 0.188. The minimum Gasteiger partial charge on any atom is -0.467 e. The molecule has 1 heterocycles. The van der Waals surface area contributed by atoms with Crippen LogP contribution < -0.4 is 0 Å². The fourth-order valence-electron chi connectivity index (χ4n) is 1.91. The highest BCUT2D eigenvalue weighted by Gasteiger charge is 2.38. The van der Waals surface area contributed by atoms with E-state index in [1.54, 1.807) is 19.1 Å². The van der Waals surface area contributed by atoms with Gasteiger partial charge in [0.1, 0.15) is 10.4 Å². The highest BCUT2D eigenvalue weighted by molar-refractivity contribution is 8.26. The van der Waals surface area contributed by atoms with Gasteiger partial charge in [-0.05, 0) is 18.6 Å². The summed E-state index contributed by atoms with van der Waals surface area (Å²) in [6.45, 7) is 1.60. The first-order valence-electron chi connectivity index (χ1n) is 6.61. The number of thioether (sulfide) groups is 1. The van der Waals surface area contributed by atoms with Crippen molar-refractivity contribution in [2.24, 2.45) is 0 Å². The Morgan fingerprint density at radius 3 is 2.68 bits per heavy atom. The lowest BCUT2D eigenvalue weighted by molar-refractivity contribution is -0.147. The normalized spacial score (nSPS) is 18.3. The van der Waals surface area contributed by atoms with Crippen molar-refractivity contribution in [2.45, 2.75) is 13.0 Å². The highest BCUT2D eigenvalue weighted by atomic mass is 32.2. The van der Waals surface area contributed by atoms with Gasteiger partial charge in [-0.2, -0.15) is 0 Å². The number of benzene rings is 1. The second-order valence-corrected chi connectivity index (χ2v) is 6.22. The van der Waals surface area contributed by atoms with Crippen molar-refractivity contribution in [3.63, 3.8) is 0 Å². The summed E-state index contributed by atoms with van der Waals surface area (Å²) in [5, 5.41) is 0. The van der Waals surface area contributed by atoms with Crippen molar-refractivity contribution in [2.75, 3.05) is 7.11 Å². The van der Waals surface area contributed by atoms with Crippen molar-refractivity contribution in [3.05, 3.63) is 53.0 Å². The molecule has 0 aromatic heterocycles. The Kier molecular flexibility index (Phi) is 5.51. The Balaban J connectivity index is 2.12. The third-order valence-corrected chi connectivity index (χ3v) is 4.44. The van der Waals surface area contributed by atoms with Gasteiger partial charge in [-0.15, -0.1) is 0 Å². The van der Waals surface area contributed by atoms with E-state index in [2.05, 4.69) is 4.74 Å². The molecule has 0 radical (unpaired) electrons. The molecule has 1 aromatic rings. The summed E-state index contributed by atoms with van der Waals surface area (Å²) in [7, 11) is 1.29. The zero-order valence-electron chi connectivity index (χ0n) is 12.2. The van der Waals surface area contributed by atoms with Crippen LogP contribution in [-0.4, -0.2) is 34.2 Å². The molecule has 22 heavy (non-hydrogen) atoms. The number of amides is 1. The second-order valence-electron chi connectivity index (χ2n) is 4.54. The summed E-state index contributed by atoms with van der Waals surface area (Å²) in [5.41, 5.74) is 1.04. The van der Waals surface area contributed by atoms with Crippen LogP contribution in [0.5, 0.6) is 0 Å². The predicted molar refractivity (Wildman–Crippen MR) is 92.1 cm³/mol. The summed E-state index contributed by atoms with van der Waals surface area (Å²) in [6.07, 6.45) is 5.40. The van der Waals surface area contributed by atoms with E-state index in [-0.39, 0.29) is 5.91 Å². The van der Waals surface area contributed by atoms with Gasteiger partial charge in [0.05, 0.1) is 12.0 Å². The SMILES string of the molecule is COC(=O)[C@@H](C)N1C(=O)/C(=C/C=C/c2ccccc2)SC1=S. The Morgan fingerprint density at radius 2 is 2.05 bits per heavy atom. The van der Waals surface area contributed by atoms with Crippen LogP contribution in [0, 0.1) is 0 Å². The molecule has 0 bridgehead atoms. The van der Waals surface area contributed by atoms with E-state index in [0.717, 1.165) is 5.56 Å². The average Bonchev–Trinajstić information content (AvgIpc) is 2.81. The third kappa shape index (κ3) is 3.64. The van der Waals surface area contributed by atoms with Crippen LogP contribution in [0.15, 0.2) is 47.4 Å². The Bertz CT molecular complexity index is 653. The number of carbonyl (C=O) groups is 2. The van der Waals surface area contributed by atoms with Crippen LogP contribution in [0.4, 0.5) is 0 Å². The first-order chi connectivity index (χ1) is 10.5. The summed E-state index contributed by atoms with van der Waals surface area (Å²) in [5.74, 6) is -0.761. The van der Waals surface area contributed by atoms with Gasteiger partial charge < -0.3 is 4.74 Å². The van der Waals surface area contributed by atoms with Crippen molar-refractivity contribution >= 4 is 46.3 Å². The monoisotopic (exact) mass is 333 g/mol. The fourth-order valence-corrected chi connectivity index (χ4v) is 3.28. The molecule has 0 unspecified atom stereocenters. The lowest BCUT2D eigenvalue weighted by atomic mass is 10.2. The van der Waals surface area contributed by atoms with E-state index in [1.165, 1.54) is 23.8 Å². The Labute approximate surface area is 138 Å². The van der Waals surface area contributed by atoms with Crippen molar-refractivity contribution in [1.29, 1.82) is 0 Å². The second kappa shape index (κ2) is 7.38. The van der Waals surface area contributed by atoms with Crippen LogP contribution >= 0.6 is 24.0 Å². The Hall–Kier alpha value is -1.92. The van der Waals surface area contributed by atoms with Crippen LogP contribution in [-0.2, 0) is 14.3 Å². The van der Waals surface area contributed by atoms with Crippen molar-refractivity contribution < 1.29 is 14.3 Å². The standard InChI is InChI=1S/C16H15NO3S2/c1-11(15(19)20-2)17-14(18)13(22-16(17)21)10-6-9-12-7-4-3-5-8-12/h3-11H,1-2H3/b9-6+,13-10-/t11-/m1/s1. The van der Waals surface area contributed by atoms with Crippen molar-refractivity contribution in [3.8, 4) is 0 Å². The van der Waals surface area contributed by atoms with E-state index in [0.29, 0.717) is 9.23 Å². The molecule has 1 aromatic carbocycles. The van der Waals surface area contributed by atoms with Gasteiger partial charge in [-0.3, -0.25) is 9.69 Å². The molecule has 1 saturated heterocycles. The third-order valence-electron chi connectivity index (χ3n) is 3.09. The molecular weight excluding hydrogens is 318 g/mol. The molecule has 1 amide bonds. The molecule has 0 spiro atoms. The maximum atomic E-state index is 12.3. The molecule has 1 atom stereocenters. The van der Waals surface area contributed by atoms with Gasteiger partial charge in [-0.25, -0.2) is 4.79 Å². The van der Waals surface area contributed by atoms with Gasteiger partial charge in [0.2, 0.25) is 0 Å². The molecule has 1 aliphatic rings. The molecule has 0 aliphatic carbocycles. The number of nitrogens with zero attached hydrogens (tertiary/aromatic N) is 1. The zero-order valence-corrected chi connectivity index (χ0v) is 13.8. The number of carbonyl (C=O) groups excluding carboxylic acids is 2. The largest absolute Gasteiger partial charge is 0.467 e. The number of methoxy groups -OCH3 is 1. The zero-order chi connectivity index (χ0) is 16.1. The molecular formula is C16H15NO3S2. The molecule has 1 fully saturated rings.